The van der Waals surface area contributed by atoms with Gasteiger partial charge in [0.2, 0.25) is 6.41 Å². The maximum Gasteiger partial charge on any atom is 0.206 e. The van der Waals surface area contributed by atoms with Gasteiger partial charge < -0.3 is 5.32 Å². The van der Waals surface area contributed by atoms with Crippen molar-refractivity contribution < 1.29 is 4.79 Å². The van der Waals surface area contributed by atoms with Crippen LogP contribution in [0.5, 0.6) is 0 Å². The Hall–Kier alpha value is -1.87. The molecule has 1 N–H and O–H groups in total. The number of hydrogen-bond donors (Lipinski definition) is 1. The Morgan fingerprint density at radius 2 is 1.39 bits per heavy atom. The fourth-order valence-electron chi connectivity index (χ4n) is 2.23. The predicted molar refractivity (Wildman–Crippen MR) is 77.8 cm³/mol. The number of carbonyl (C=O) groups excluding carboxylic acids is 1. The third-order valence-corrected chi connectivity index (χ3v) is 7.49. The first kappa shape index (κ1) is 12.6. The first-order valence-electron chi connectivity index (χ1n) is 6.05. The van der Waals surface area contributed by atoms with Crippen molar-refractivity contribution in [2.24, 2.45) is 0 Å². The smallest absolute Gasteiger partial charge is 0.206 e. The zero-order chi connectivity index (χ0) is 12.8. The van der Waals surface area contributed by atoms with Crippen LogP contribution in [0, 0.1) is 0 Å². The Kier molecular flexibility index (Phi) is 3.94. The lowest BCUT2D eigenvalue weighted by molar-refractivity contribution is -0.109. The van der Waals surface area contributed by atoms with E-state index < -0.39 is 8.07 Å². The molecule has 0 atom stereocenters. The van der Waals surface area contributed by atoms with E-state index in [4.69, 9.17) is 0 Å². The van der Waals surface area contributed by atoms with Crippen molar-refractivity contribution in [3.63, 3.8) is 0 Å². The monoisotopic (exact) mass is 255 g/mol. The summed E-state index contributed by atoms with van der Waals surface area (Å²) in [6, 6.07) is 20.9. The predicted octanol–water partition coefficient (Wildman–Crippen LogP) is 1.16. The second-order valence-corrected chi connectivity index (χ2v) is 8.74. The minimum absolute atomic E-state index is 0.727. The molecule has 0 fully saturated rings. The van der Waals surface area contributed by atoms with Gasteiger partial charge in [-0.05, 0) is 0 Å². The largest absolute Gasteiger partial charge is 0.361 e. The molecule has 2 aromatic carbocycles. The Labute approximate surface area is 109 Å². The van der Waals surface area contributed by atoms with Crippen LogP contribution in [-0.2, 0) is 4.79 Å². The normalized spacial score (nSPS) is 10.9. The quantitative estimate of drug-likeness (QED) is 0.630. The lowest BCUT2D eigenvalue weighted by Gasteiger charge is -2.28. The van der Waals surface area contributed by atoms with Gasteiger partial charge in [0.1, 0.15) is 8.07 Å². The maximum absolute atomic E-state index is 10.6. The number of rotatable bonds is 5. The Balaban J connectivity index is 2.44. The molecule has 0 saturated heterocycles. The van der Waals surface area contributed by atoms with Gasteiger partial charge in [0, 0.05) is 6.17 Å². The van der Waals surface area contributed by atoms with Gasteiger partial charge in [0.25, 0.3) is 0 Å². The van der Waals surface area contributed by atoms with E-state index in [1.165, 1.54) is 10.4 Å². The molecule has 0 aliphatic heterocycles. The van der Waals surface area contributed by atoms with Crippen LogP contribution in [0.15, 0.2) is 60.7 Å². The van der Waals surface area contributed by atoms with Gasteiger partial charge in [-0.25, -0.2) is 0 Å². The van der Waals surface area contributed by atoms with Crippen molar-refractivity contribution in [2.45, 2.75) is 6.55 Å². The minimum atomic E-state index is -1.86. The van der Waals surface area contributed by atoms with E-state index >= 15 is 0 Å². The molecular weight excluding hydrogens is 238 g/mol. The van der Waals surface area contributed by atoms with Gasteiger partial charge in [-0.15, -0.1) is 0 Å². The van der Waals surface area contributed by atoms with Crippen molar-refractivity contribution in [1.29, 1.82) is 0 Å². The van der Waals surface area contributed by atoms with Crippen LogP contribution in [0.3, 0.4) is 0 Å². The number of benzene rings is 2. The molecule has 3 heteroatoms. The molecule has 0 bridgehead atoms. The highest BCUT2D eigenvalue weighted by molar-refractivity contribution is 7.01. The van der Waals surface area contributed by atoms with Crippen LogP contribution in [0.2, 0.25) is 6.55 Å². The van der Waals surface area contributed by atoms with E-state index in [1.807, 2.05) is 12.1 Å². The van der Waals surface area contributed by atoms with Crippen molar-refractivity contribution in [3.8, 4) is 0 Å². The molecule has 0 saturated carbocycles. The van der Waals surface area contributed by atoms with Crippen LogP contribution >= 0.6 is 0 Å². The van der Waals surface area contributed by atoms with Crippen LogP contribution in [-0.4, -0.2) is 20.7 Å². The van der Waals surface area contributed by atoms with Gasteiger partial charge in [0.05, 0.1) is 0 Å². The molecule has 0 radical (unpaired) electrons. The van der Waals surface area contributed by atoms with Gasteiger partial charge >= 0.3 is 0 Å². The highest BCUT2D eigenvalue weighted by Crippen LogP contribution is 2.04. The van der Waals surface area contributed by atoms with E-state index in [-0.39, 0.29) is 0 Å². The number of amides is 1. The number of nitrogens with one attached hydrogen (secondary N) is 1. The first-order valence-corrected chi connectivity index (χ1v) is 8.76. The molecule has 0 unspecified atom stereocenters. The summed E-state index contributed by atoms with van der Waals surface area (Å²) in [7, 11) is -1.86. The second-order valence-electron chi connectivity index (χ2n) is 4.56. The lowest BCUT2D eigenvalue weighted by Crippen LogP contribution is -2.62. The van der Waals surface area contributed by atoms with Crippen LogP contribution in [0.1, 0.15) is 0 Å². The molecule has 0 heterocycles. The Morgan fingerprint density at radius 1 is 0.944 bits per heavy atom. The molecule has 0 aromatic heterocycles. The fourth-order valence-corrected chi connectivity index (χ4v) is 5.32. The molecule has 0 aliphatic rings. The molecule has 0 spiro atoms. The molecule has 2 aromatic rings. The molecule has 2 rings (SSSR count). The first-order chi connectivity index (χ1) is 8.77. The molecule has 92 valence electrons. The summed E-state index contributed by atoms with van der Waals surface area (Å²) in [5, 5.41) is 5.54. The van der Waals surface area contributed by atoms with Gasteiger partial charge in [-0.3, -0.25) is 4.79 Å². The fraction of sp³-hybridized carbons (Fsp3) is 0.133. The lowest BCUT2D eigenvalue weighted by atomic mass is 10.4. The maximum atomic E-state index is 10.6. The van der Waals surface area contributed by atoms with Crippen molar-refractivity contribution in [1.82, 2.24) is 5.32 Å². The van der Waals surface area contributed by atoms with Gasteiger partial charge in [-0.1, -0.05) is 77.6 Å². The van der Waals surface area contributed by atoms with Crippen molar-refractivity contribution in [2.75, 3.05) is 6.17 Å². The van der Waals surface area contributed by atoms with E-state index in [2.05, 4.69) is 60.4 Å². The summed E-state index contributed by atoms with van der Waals surface area (Å²) in [6.45, 7) is 2.29. The van der Waals surface area contributed by atoms with E-state index in [0.717, 1.165) is 12.6 Å². The third-order valence-electron chi connectivity index (χ3n) is 3.36. The summed E-state index contributed by atoms with van der Waals surface area (Å²) in [5.41, 5.74) is 0. The second kappa shape index (κ2) is 5.64. The summed E-state index contributed by atoms with van der Waals surface area (Å²) in [6.07, 6.45) is 1.52. The number of hydrogen-bond acceptors (Lipinski definition) is 1. The third kappa shape index (κ3) is 2.51. The highest BCUT2D eigenvalue weighted by atomic mass is 28.3. The van der Waals surface area contributed by atoms with Crippen molar-refractivity contribution in [3.05, 3.63) is 60.7 Å². The molecular formula is C15H17NOSi. The van der Waals surface area contributed by atoms with Crippen LogP contribution in [0.25, 0.3) is 0 Å². The topological polar surface area (TPSA) is 29.1 Å². The Bertz CT molecular complexity index is 459. The van der Waals surface area contributed by atoms with Crippen LogP contribution < -0.4 is 15.7 Å². The highest BCUT2D eigenvalue weighted by Gasteiger charge is 2.31. The van der Waals surface area contributed by atoms with Crippen molar-refractivity contribution >= 4 is 24.9 Å². The number of carbonyl (C=O) groups is 1. The summed E-state index contributed by atoms with van der Waals surface area (Å²) in [5.74, 6) is 0. The van der Waals surface area contributed by atoms with E-state index in [9.17, 15) is 4.79 Å². The molecule has 1 amide bonds. The van der Waals surface area contributed by atoms with E-state index in [1.54, 1.807) is 0 Å². The summed E-state index contributed by atoms with van der Waals surface area (Å²) >= 11 is 0. The van der Waals surface area contributed by atoms with Gasteiger partial charge in [0.15, 0.2) is 0 Å². The minimum Gasteiger partial charge on any atom is -0.361 e. The van der Waals surface area contributed by atoms with Gasteiger partial charge in [-0.2, -0.15) is 0 Å². The molecule has 0 aliphatic carbocycles. The zero-order valence-corrected chi connectivity index (χ0v) is 11.5. The average molecular weight is 255 g/mol. The average Bonchev–Trinajstić information content (AvgIpc) is 2.46. The SMILES string of the molecule is C[Si](CNC=O)(c1ccccc1)c1ccccc1. The van der Waals surface area contributed by atoms with Crippen LogP contribution in [0.4, 0.5) is 0 Å². The van der Waals surface area contributed by atoms with E-state index in [0.29, 0.717) is 0 Å². The zero-order valence-electron chi connectivity index (χ0n) is 10.5. The Morgan fingerprint density at radius 3 is 1.78 bits per heavy atom. The summed E-state index contributed by atoms with van der Waals surface area (Å²) < 4.78 is 0. The summed E-state index contributed by atoms with van der Waals surface area (Å²) in [4.78, 5) is 10.6. The molecule has 18 heavy (non-hydrogen) atoms. The molecule has 2 nitrogen and oxygen atoms in total. The standard InChI is InChI=1S/C15H17NOSi/c1-18(13-16-12-17,14-8-4-2-5-9-14)15-10-6-3-7-11-15/h2-12H,13H2,1H3,(H,16,17).